The third kappa shape index (κ3) is 3.78. The van der Waals surface area contributed by atoms with Crippen LogP contribution in [0.15, 0.2) is 6.07 Å². The number of carboxylic acid groups (broad SMARTS) is 1. The fourth-order valence-corrected chi connectivity index (χ4v) is 1.39. The second-order valence-electron chi connectivity index (χ2n) is 5.21. The van der Waals surface area contributed by atoms with Crippen LogP contribution in [0, 0.1) is 6.92 Å². The van der Waals surface area contributed by atoms with Crippen molar-refractivity contribution in [1.29, 1.82) is 0 Å². The number of carbonyl (C=O) groups is 1. The lowest BCUT2D eigenvalue weighted by molar-refractivity contribution is -0.138. The summed E-state index contributed by atoms with van der Waals surface area (Å²) in [5, 5.41) is 8.76. The van der Waals surface area contributed by atoms with Gasteiger partial charge in [-0.15, -0.1) is 0 Å². The summed E-state index contributed by atoms with van der Waals surface area (Å²) in [6.07, 6.45) is 0.153. The van der Waals surface area contributed by atoms with Crippen molar-refractivity contribution in [2.24, 2.45) is 5.73 Å². The zero-order valence-electron chi connectivity index (χ0n) is 10.7. The van der Waals surface area contributed by atoms with Gasteiger partial charge in [-0.2, -0.15) is 0 Å². The summed E-state index contributed by atoms with van der Waals surface area (Å²) in [5.41, 5.74) is 7.12. The molecule has 0 saturated carbocycles. The minimum Gasteiger partial charge on any atom is -0.480 e. The van der Waals surface area contributed by atoms with E-state index in [1.807, 2.05) is 13.0 Å². The van der Waals surface area contributed by atoms with Crippen LogP contribution in [-0.4, -0.2) is 27.1 Å². The zero-order valence-corrected chi connectivity index (χ0v) is 10.7. The number of hydrogen-bond donors (Lipinski definition) is 2. The van der Waals surface area contributed by atoms with Crippen LogP contribution in [0.2, 0.25) is 0 Å². The summed E-state index contributed by atoms with van der Waals surface area (Å²) in [5.74, 6) is -0.544. The molecule has 0 fully saturated rings. The number of rotatable bonds is 3. The molecule has 3 N–H and O–H groups in total. The number of nitrogens with zero attached hydrogens (tertiary/aromatic N) is 2. The quantitative estimate of drug-likeness (QED) is 0.819. The topological polar surface area (TPSA) is 89.1 Å². The molecule has 0 aromatic carbocycles. The predicted octanol–water partition coefficient (Wildman–Crippen LogP) is 1.04. The third-order valence-electron chi connectivity index (χ3n) is 2.39. The molecule has 0 bridgehead atoms. The van der Waals surface area contributed by atoms with Gasteiger partial charge in [-0.05, 0) is 13.0 Å². The van der Waals surface area contributed by atoms with Crippen LogP contribution in [0.4, 0.5) is 0 Å². The van der Waals surface area contributed by atoms with E-state index in [2.05, 4.69) is 30.7 Å². The Morgan fingerprint density at radius 2 is 2.06 bits per heavy atom. The Labute approximate surface area is 101 Å². The van der Waals surface area contributed by atoms with Crippen LogP contribution in [0.1, 0.15) is 38.0 Å². The van der Waals surface area contributed by atoms with Crippen LogP contribution in [-0.2, 0) is 16.6 Å². The Morgan fingerprint density at radius 3 is 2.53 bits per heavy atom. The molecule has 5 heteroatoms. The molecular formula is C12H19N3O2. The normalized spacial score (nSPS) is 13.5. The standard InChI is InChI=1S/C12H19N3O2/c1-7-5-9(12(2,3)4)15-10(14-7)6-8(13)11(16)17/h5,8H,6,13H2,1-4H3,(H,16,17). The lowest BCUT2D eigenvalue weighted by Gasteiger charge is -2.19. The molecule has 0 saturated heterocycles. The molecule has 1 aromatic rings. The molecule has 1 aromatic heterocycles. The molecule has 1 unspecified atom stereocenters. The molecule has 94 valence electrons. The van der Waals surface area contributed by atoms with Crippen molar-refractivity contribution >= 4 is 5.97 Å². The fourth-order valence-electron chi connectivity index (χ4n) is 1.39. The Morgan fingerprint density at radius 1 is 1.47 bits per heavy atom. The number of nitrogens with two attached hydrogens (primary N) is 1. The highest BCUT2D eigenvalue weighted by Gasteiger charge is 2.19. The number of aliphatic carboxylic acids is 1. The van der Waals surface area contributed by atoms with Gasteiger partial charge in [0.1, 0.15) is 11.9 Å². The van der Waals surface area contributed by atoms with E-state index in [4.69, 9.17) is 10.8 Å². The summed E-state index contributed by atoms with van der Waals surface area (Å²) in [7, 11) is 0. The zero-order chi connectivity index (χ0) is 13.2. The Hall–Kier alpha value is -1.49. The van der Waals surface area contributed by atoms with E-state index < -0.39 is 12.0 Å². The first-order valence-corrected chi connectivity index (χ1v) is 5.53. The fraction of sp³-hybridized carbons (Fsp3) is 0.583. The van der Waals surface area contributed by atoms with Gasteiger partial charge >= 0.3 is 5.97 Å². The summed E-state index contributed by atoms with van der Waals surface area (Å²) in [6.45, 7) is 8.02. The Balaban J connectivity index is 3.02. The second-order valence-corrected chi connectivity index (χ2v) is 5.21. The van der Waals surface area contributed by atoms with Gasteiger partial charge in [0.15, 0.2) is 0 Å². The third-order valence-corrected chi connectivity index (χ3v) is 2.39. The largest absolute Gasteiger partial charge is 0.480 e. The van der Waals surface area contributed by atoms with Gasteiger partial charge in [0.05, 0.1) is 0 Å². The highest BCUT2D eigenvalue weighted by Crippen LogP contribution is 2.20. The molecule has 0 aliphatic carbocycles. The van der Waals surface area contributed by atoms with Gasteiger partial charge in [0.25, 0.3) is 0 Å². The van der Waals surface area contributed by atoms with Crippen LogP contribution in [0.3, 0.4) is 0 Å². The molecular weight excluding hydrogens is 218 g/mol. The number of hydrogen-bond acceptors (Lipinski definition) is 4. The molecule has 1 heterocycles. The summed E-state index contributed by atoms with van der Waals surface area (Å²) < 4.78 is 0. The van der Waals surface area contributed by atoms with Crippen LogP contribution < -0.4 is 5.73 Å². The van der Waals surface area contributed by atoms with E-state index in [0.717, 1.165) is 11.4 Å². The van der Waals surface area contributed by atoms with Crippen LogP contribution in [0.5, 0.6) is 0 Å². The minimum atomic E-state index is -1.03. The SMILES string of the molecule is Cc1cc(C(C)(C)C)nc(CC(N)C(=O)O)n1. The maximum absolute atomic E-state index is 10.7. The first-order chi connectivity index (χ1) is 7.70. The average Bonchev–Trinajstić information content (AvgIpc) is 2.15. The summed E-state index contributed by atoms with van der Waals surface area (Å²) >= 11 is 0. The maximum Gasteiger partial charge on any atom is 0.320 e. The Bertz CT molecular complexity index is 424. The van der Waals surface area contributed by atoms with E-state index in [9.17, 15) is 4.79 Å². The van der Waals surface area contributed by atoms with Crippen molar-refractivity contribution in [2.45, 2.75) is 45.6 Å². The lowest BCUT2D eigenvalue weighted by atomic mass is 9.91. The monoisotopic (exact) mass is 237 g/mol. The molecule has 1 atom stereocenters. The highest BCUT2D eigenvalue weighted by molar-refractivity contribution is 5.73. The minimum absolute atomic E-state index is 0.0875. The lowest BCUT2D eigenvalue weighted by Crippen LogP contribution is -2.33. The van der Waals surface area contributed by atoms with E-state index in [-0.39, 0.29) is 11.8 Å². The number of aromatic nitrogens is 2. The molecule has 0 aliphatic heterocycles. The van der Waals surface area contributed by atoms with Crippen molar-refractivity contribution in [2.75, 3.05) is 0 Å². The van der Waals surface area contributed by atoms with E-state index in [0.29, 0.717) is 5.82 Å². The second kappa shape index (κ2) is 4.79. The van der Waals surface area contributed by atoms with Gasteiger partial charge in [-0.1, -0.05) is 20.8 Å². The number of carboxylic acids is 1. The van der Waals surface area contributed by atoms with Crippen molar-refractivity contribution in [3.8, 4) is 0 Å². The molecule has 0 amide bonds. The van der Waals surface area contributed by atoms with E-state index in [1.165, 1.54) is 0 Å². The van der Waals surface area contributed by atoms with Gasteiger partial charge in [0.2, 0.25) is 0 Å². The molecule has 1 rings (SSSR count). The molecule has 0 aliphatic rings. The maximum atomic E-state index is 10.7. The molecule has 5 nitrogen and oxygen atoms in total. The van der Waals surface area contributed by atoms with Crippen LogP contribution >= 0.6 is 0 Å². The number of aryl methyl sites for hydroxylation is 1. The molecule has 17 heavy (non-hydrogen) atoms. The van der Waals surface area contributed by atoms with Gasteiger partial charge in [0, 0.05) is 23.2 Å². The summed E-state index contributed by atoms with van der Waals surface area (Å²) in [4.78, 5) is 19.3. The highest BCUT2D eigenvalue weighted by atomic mass is 16.4. The van der Waals surface area contributed by atoms with E-state index in [1.54, 1.807) is 0 Å². The van der Waals surface area contributed by atoms with E-state index >= 15 is 0 Å². The average molecular weight is 237 g/mol. The van der Waals surface area contributed by atoms with Gasteiger partial charge in [-0.3, -0.25) is 4.79 Å². The predicted molar refractivity (Wildman–Crippen MR) is 64.8 cm³/mol. The summed E-state index contributed by atoms with van der Waals surface area (Å²) in [6, 6.07) is 0.958. The molecule has 0 radical (unpaired) electrons. The van der Waals surface area contributed by atoms with Gasteiger partial charge in [-0.25, -0.2) is 9.97 Å². The Kier molecular flexibility index (Phi) is 3.83. The molecule has 0 spiro atoms. The van der Waals surface area contributed by atoms with Crippen molar-refractivity contribution < 1.29 is 9.90 Å². The first-order valence-electron chi connectivity index (χ1n) is 5.53. The van der Waals surface area contributed by atoms with Crippen LogP contribution in [0.25, 0.3) is 0 Å². The van der Waals surface area contributed by atoms with Crippen molar-refractivity contribution in [1.82, 2.24) is 9.97 Å². The van der Waals surface area contributed by atoms with Crippen molar-refractivity contribution in [3.05, 3.63) is 23.3 Å². The van der Waals surface area contributed by atoms with Crippen molar-refractivity contribution in [3.63, 3.8) is 0 Å². The first kappa shape index (κ1) is 13.6. The van der Waals surface area contributed by atoms with Gasteiger partial charge < -0.3 is 10.8 Å². The smallest absolute Gasteiger partial charge is 0.320 e.